The van der Waals surface area contributed by atoms with Gasteiger partial charge in [0.15, 0.2) is 5.60 Å². The molecule has 7 N–H and O–H groups in total. The van der Waals surface area contributed by atoms with Crippen LogP contribution in [0.3, 0.4) is 0 Å². The minimum absolute atomic E-state index is 0.640. The lowest BCUT2D eigenvalue weighted by Crippen LogP contribution is -2.42. The molecule has 1 unspecified atom stereocenters. The van der Waals surface area contributed by atoms with Gasteiger partial charge >= 0.3 is 17.9 Å². The SMILES string of the molecule is CCCC(N)(O)CC.O=C(O)CC(O)(CC(=O)O)C(=O)O. The molecule has 0 fully saturated rings. The summed E-state index contributed by atoms with van der Waals surface area (Å²) in [5, 5.41) is 42.9. The molecular weight excluding hydrogens is 286 g/mol. The molecule has 0 aromatic rings. The van der Waals surface area contributed by atoms with Crippen molar-refractivity contribution in [2.75, 3.05) is 0 Å². The Labute approximate surface area is 122 Å². The highest BCUT2D eigenvalue weighted by atomic mass is 16.4. The smallest absolute Gasteiger partial charge is 0.336 e. The summed E-state index contributed by atoms with van der Waals surface area (Å²) in [5.74, 6) is -5.02. The van der Waals surface area contributed by atoms with Crippen molar-refractivity contribution in [1.82, 2.24) is 0 Å². The predicted octanol–water partition coefficient (Wildman–Crippen LogP) is -0.405. The quantitative estimate of drug-likeness (QED) is 0.325. The zero-order valence-electron chi connectivity index (χ0n) is 12.1. The van der Waals surface area contributed by atoms with Gasteiger partial charge < -0.3 is 31.3 Å². The van der Waals surface area contributed by atoms with Gasteiger partial charge in [-0.15, -0.1) is 0 Å². The molecule has 0 saturated carbocycles. The van der Waals surface area contributed by atoms with E-state index < -0.39 is 42.1 Å². The normalized spacial score (nSPS) is 13.6. The standard InChI is InChI=1S/C6H15NO.C6H8O7/c1-3-5-6(7,8)4-2;7-3(8)1-6(13,5(11)12)2-4(9)10/h8H,3-5,7H2,1-2H3;13H,1-2H2,(H,7,8)(H,9,10)(H,11,12). The highest BCUT2D eigenvalue weighted by Crippen LogP contribution is 2.15. The first-order valence-electron chi connectivity index (χ1n) is 6.30. The number of carboxylic acids is 3. The fraction of sp³-hybridized carbons (Fsp3) is 0.750. The van der Waals surface area contributed by atoms with Crippen LogP contribution in [0.1, 0.15) is 46.0 Å². The Hall–Kier alpha value is -1.71. The fourth-order valence-electron chi connectivity index (χ4n) is 1.32. The van der Waals surface area contributed by atoms with E-state index in [1.807, 2.05) is 13.8 Å². The van der Waals surface area contributed by atoms with Gasteiger partial charge in [0, 0.05) is 0 Å². The van der Waals surface area contributed by atoms with Gasteiger partial charge in [-0.2, -0.15) is 0 Å². The molecule has 0 aliphatic heterocycles. The summed E-state index contributed by atoms with van der Waals surface area (Å²) in [6, 6.07) is 0. The minimum atomic E-state index is -2.74. The summed E-state index contributed by atoms with van der Waals surface area (Å²) >= 11 is 0. The van der Waals surface area contributed by atoms with Crippen molar-refractivity contribution in [1.29, 1.82) is 0 Å². The van der Waals surface area contributed by atoms with Crippen LogP contribution in [0, 0.1) is 0 Å². The van der Waals surface area contributed by atoms with Crippen LogP contribution in [-0.4, -0.2) is 54.8 Å². The van der Waals surface area contributed by atoms with E-state index in [1.54, 1.807) is 0 Å². The van der Waals surface area contributed by atoms with Crippen LogP contribution < -0.4 is 5.73 Å². The third kappa shape index (κ3) is 10.7. The zero-order chi connectivity index (χ0) is 17.3. The van der Waals surface area contributed by atoms with Gasteiger partial charge in [0.2, 0.25) is 0 Å². The molecule has 0 aliphatic carbocycles. The van der Waals surface area contributed by atoms with Crippen molar-refractivity contribution < 1.29 is 39.9 Å². The number of rotatable bonds is 8. The number of aliphatic hydroxyl groups is 2. The maximum absolute atomic E-state index is 10.3. The summed E-state index contributed by atoms with van der Waals surface area (Å²) in [5.41, 5.74) is 1.74. The Balaban J connectivity index is 0. The molecule has 9 nitrogen and oxygen atoms in total. The summed E-state index contributed by atoms with van der Waals surface area (Å²) in [6.07, 6.45) is -0.00551. The van der Waals surface area contributed by atoms with Gasteiger partial charge in [-0.3, -0.25) is 9.59 Å². The van der Waals surface area contributed by atoms with Crippen LogP contribution in [0.15, 0.2) is 0 Å². The van der Waals surface area contributed by atoms with E-state index in [0.29, 0.717) is 12.8 Å². The van der Waals surface area contributed by atoms with E-state index in [1.165, 1.54) is 0 Å². The molecule has 0 heterocycles. The van der Waals surface area contributed by atoms with Crippen molar-refractivity contribution >= 4 is 17.9 Å². The molecule has 0 rings (SSSR count). The van der Waals surface area contributed by atoms with E-state index >= 15 is 0 Å². The summed E-state index contributed by atoms with van der Waals surface area (Å²) in [7, 11) is 0. The molecule has 0 bridgehead atoms. The van der Waals surface area contributed by atoms with E-state index in [0.717, 1.165) is 6.42 Å². The van der Waals surface area contributed by atoms with Crippen LogP contribution in [0.4, 0.5) is 0 Å². The number of carboxylic acid groups (broad SMARTS) is 3. The molecule has 0 radical (unpaired) electrons. The first kappa shape index (κ1) is 21.6. The number of nitrogens with two attached hydrogens (primary N) is 1. The first-order chi connectivity index (χ1) is 9.40. The highest BCUT2D eigenvalue weighted by molar-refractivity contribution is 5.88. The molecular formula is C12H23NO8. The molecule has 9 heteroatoms. The Kier molecular flexibility index (Phi) is 9.53. The fourth-order valence-corrected chi connectivity index (χ4v) is 1.32. The Bertz CT molecular complexity index is 350. The Morgan fingerprint density at radius 3 is 1.48 bits per heavy atom. The second-order valence-corrected chi connectivity index (χ2v) is 4.68. The van der Waals surface area contributed by atoms with E-state index in [4.69, 9.17) is 31.3 Å². The summed E-state index contributed by atoms with van der Waals surface area (Å²) < 4.78 is 0. The molecule has 21 heavy (non-hydrogen) atoms. The van der Waals surface area contributed by atoms with Crippen molar-refractivity contribution in [2.45, 2.75) is 57.3 Å². The monoisotopic (exact) mass is 309 g/mol. The van der Waals surface area contributed by atoms with Crippen molar-refractivity contribution in [3.05, 3.63) is 0 Å². The molecule has 0 aromatic heterocycles. The van der Waals surface area contributed by atoms with Gasteiger partial charge in [-0.1, -0.05) is 20.3 Å². The van der Waals surface area contributed by atoms with Crippen LogP contribution in [0.2, 0.25) is 0 Å². The van der Waals surface area contributed by atoms with Gasteiger partial charge in [-0.05, 0) is 12.8 Å². The number of hydrogen-bond acceptors (Lipinski definition) is 6. The second-order valence-electron chi connectivity index (χ2n) is 4.68. The Morgan fingerprint density at radius 1 is 0.952 bits per heavy atom. The summed E-state index contributed by atoms with van der Waals surface area (Å²) in [6.45, 7) is 3.89. The average Bonchev–Trinajstić information content (AvgIpc) is 2.27. The molecule has 1 atom stereocenters. The highest BCUT2D eigenvalue weighted by Gasteiger charge is 2.40. The van der Waals surface area contributed by atoms with Crippen LogP contribution in [0.25, 0.3) is 0 Å². The first-order valence-corrected chi connectivity index (χ1v) is 6.30. The van der Waals surface area contributed by atoms with E-state index in [9.17, 15) is 14.4 Å². The lowest BCUT2D eigenvalue weighted by molar-refractivity contribution is -0.170. The third-order valence-corrected chi connectivity index (χ3v) is 2.58. The second kappa shape index (κ2) is 9.27. The topological polar surface area (TPSA) is 178 Å². The van der Waals surface area contributed by atoms with E-state index in [-0.39, 0.29) is 0 Å². The van der Waals surface area contributed by atoms with Gasteiger partial charge in [0.25, 0.3) is 0 Å². The van der Waals surface area contributed by atoms with Crippen molar-refractivity contribution in [2.24, 2.45) is 5.73 Å². The lowest BCUT2D eigenvalue weighted by Gasteiger charge is -2.19. The largest absolute Gasteiger partial charge is 0.481 e. The average molecular weight is 309 g/mol. The number of carbonyl (C=O) groups is 3. The molecule has 0 spiro atoms. The molecule has 124 valence electrons. The minimum Gasteiger partial charge on any atom is -0.481 e. The Morgan fingerprint density at radius 2 is 1.33 bits per heavy atom. The van der Waals surface area contributed by atoms with Crippen molar-refractivity contribution in [3.63, 3.8) is 0 Å². The van der Waals surface area contributed by atoms with Gasteiger partial charge in [0.1, 0.15) is 5.72 Å². The maximum atomic E-state index is 10.3. The van der Waals surface area contributed by atoms with E-state index in [2.05, 4.69) is 0 Å². The molecule has 0 aromatic carbocycles. The number of hydrogen-bond donors (Lipinski definition) is 6. The van der Waals surface area contributed by atoms with Gasteiger partial charge in [-0.25, -0.2) is 4.79 Å². The van der Waals surface area contributed by atoms with Crippen LogP contribution in [-0.2, 0) is 14.4 Å². The molecule has 0 amide bonds. The summed E-state index contributed by atoms with van der Waals surface area (Å²) in [4.78, 5) is 30.5. The lowest BCUT2D eigenvalue weighted by atomic mass is 9.96. The maximum Gasteiger partial charge on any atom is 0.336 e. The van der Waals surface area contributed by atoms with Gasteiger partial charge in [0.05, 0.1) is 12.8 Å². The number of aliphatic carboxylic acids is 3. The molecule has 0 saturated heterocycles. The van der Waals surface area contributed by atoms with Crippen LogP contribution >= 0.6 is 0 Å². The van der Waals surface area contributed by atoms with Crippen molar-refractivity contribution in [3.8, 4) is 0 Å². The zero-order valence-corrected chi connectivity index (χ0v) is 12.1. The third-order valence-electron chi connectivity index (χ3n) is 2.58. The van der Waals surface area contributed by atoms with Crippen LogP contribution in [0.5, 0.6) is 0 Å². The molecule has 0 aliphatic rings. The predicted molar refractivity (Wildman–Crippen MR) is 71.4 cm³/mol.